The van der Waals surface area contributed by atoms with E-state index in [0.717, 1.165) is 6.54 Å². The molecule has 4 nitrogen and oxygen atoms in total. The molecule has 1 rings (SSSR count). The predicted octanol–water partition coefficient (Wildman–Crippen LogP) is 2.75. The number of sulfonamides is 1. The molecule has 0 bridgehead atoms. The molecule has 0 saturated heterocycles. The molecular formula is C14H18Cl2N2O2S. The summed E-state index contributed by atoms with van der Waals surface area (Å²) in [6, 6.07) is 2.95. The van der Waals surface area contributed by atoms with Gasteiger partial charge >= 0.3 is 0 Å². The van der Waals surface area contributed by atoms with E-state index in [0.29, 0.717) is 17.1 Å². The normalized spacial score (nSPS) is 11.6. The number of nitrogens with one attached hydrogen (secondary N) is 1. The Morgan fingerprint density at radius 3 is 2.52 bits per heavy atom. The van der Waals surface area contributed by atoms with Gasteiger partial charge in [0.25, 0.3) is 0 Å². The van der Waals surface area contributed by atoms with E-state index < -0.39 is 10.0 Å². The Morgan fingerprint density at radius 1 is 1.33 bits per heavy atom. The smallest absolute Gasteiger partial charge is 0.245 e. The largest absolute Gasteiger partial charge is 0.313 e. The van der Waals surface area contributed by atoms with Gasteiger partial charge in [-0.05, 0) is 18.7 Å². The number of terminal acetylenes is 1. The lowest BCUT2D eigenvalue weighted by molar-refractivity contribution is 0.464. The minimum Gasteiger partial charge on any atom is -0.313 e. The molecule has 0 unspecified atom stereocenters. The first-order chi connectivity index (χ1) is 9.89. The van der Waals surface area contributed by atoms with Crippen LogP contribution in [-0.2, 0) is 16.6 Å². The zero-order valence-electron chi connectivity index (χ0n) is 12.0. The van der Waals surface area contributed by atoms with Gasteiger partial charge in [0.2, 0.25) is 10.0 Å². The summed E-state index contributed by atoms with van der Waals surface area (Å²) in [6.07, 6.45) is 5.22. The van der Waals surface area contributed by atoms with E-state index >= 15 is 0 Å². The molecular weight excluding hydrogens is 331 g/mol. The molecule has 0 aromatic heterocycles. The molecule has 0 spiro atoms. The molecule has 1 aromatic carbocycles. The second-order valence-electron chi connectivity index (χ2n) is 4.25. The van der Waals surface area contributed by atoms with Crippen LogP contribution in [0.3, 0.4) is 0 Å². The monoisotopic (exact) mass is 348 g/mol. The van der Waals surface area contributed by atoms with Crippen molar-refractivity contribution >= 4 is 33.2 Å². The third kappa shape index (κ3) is 4.12. The summed E-state index contributed by atoms with van der Waals surface area (Å²) in [5.41, 5.74) is 0.568. The summed E-state index contributed by atoms with van der Waals surface area (Å²) >= 11 is 12.4. The summed E-state index contributed by atoms with van der Waals surface area (Å²) in [5.74, 6) is 2.34. The number of hydrogen-bond acceptors (Lipinski definition) is 3. The minimum atomic E-state index is -3.74. The fraction of sp³-hybridized carbons (Fsp3) is 0.429. The number of hydrogen-bond donors (Lipinski definition) is 1. The molecule has 7 heteroatoms. The lowest BCUT2D eigenvalue weighted by Gasteiger charge is -2.20. The van der Waals surface area contributed by atoms with Gasteiger partial charge in [-0.2, -0.15) is 4.31 Å². The van der Waals surface area contributed by atoms with Gasteiger partial charge < -0.3 is 5.32 Å². The molecule has 0 saturated carbocycles. The number of halogens is 2. The van der Waals surface area contributed by atoms with E-state index in [1.54, 1.807) is 6.92 Å². The van der Waals surface area contributed by atoms with Crippen molar-refractivity contribution in [3.8, 4) is 12.3 Å². The second-order valence-corrected chi connectivity index (χ2v) is 6.95. The van der Waals surface area contributed by atoms with Crippen molar-refractivity contribution in [3.63, 3.8) is 0 Å². The quantitative estimate of drug-likeness (QED) is 0.770. The van der Waals surface area contributed by atoms with Gasteiger partial charge in [0, 0.05) is 23.7 Å². The van der Waals surface area contributed by atoms with Crippen molar-refractivity contribution in [2.45, 2.75) is 25.3 Å². The highest BCUT2D eigenvalue weighted by Gasteiger charge is 2.26. The summed E-state index contributed by atoms with van der Waals surface area (Å²) in [6.45, 7) is 5.06. The molecule has 0 heterocycles. The van der Waals surface area contributed by atoms with Crippen LogP contribution < -0.4 is 5.32 Å². The number of nitrogens with zero attached hydrogens (tertiary/aromatic N) is 1. The highest BCUT2D eigenvalue weighted by molar-refractivity contribution is 7.89. The van der Waals surface area contributed by atoms with E-state index in [1.807, 2.05) is 6.92 Å². The van der Waals surface area contributed by atoms with Crippen molar-refractivity contribution in [2.24, 2.45) is 0 Å². The van der Waals surface area contributed by atoms with Crippen LogP contribution in [0, 0.1) is 12.3 Å². The van der Waals surface area contributed by atoms with Crippen LogP contribution >= 0.6 is 23.2 Å². The second kappa shape index (κ2) is 8.02. The zero-order valence-corrected chi connectivity index (χ0v) is 14.3. The van der Waals surface area contributed by atoms with Crippen LogP contribution in [-0.4, -0.2) is 32.4 Å². The van der Waals surface area contributed by atoms with Crippen LogP contribution in [0.5, 0.6) is 0 Å². The van der Waals surface area contributed by atoms with Crippen LogP contribution in [0.1, 0.15) is 19.4 Å². The number of rotatable bonds is 7. The fourth-order valence-corrected chi connectivity index (χ4v) is 4.04. The topological polar surface area (TPSA) is 49.4 Å². The average molecular weight is 349 g/mol. The van der Waals surface area contributed by atoms with Crippen molar-refractivity contribution in [1.82, 2.24) is 9.62 Å². The van der Waals surface area contributed by atoms with Crippen molar-refractivity contribution in [2.75, 3.05) is 19.6 Å². The molecule has 116 valence electrons. The van der Waals surface area contributed by atoms with Gasteiger partial charge in [-0.15, -0.1) is 6.42 Å². The molecule has 21 heavy (non-hydrogen) atoms. The summed E-state index contributed by atoms with van der Waals surface area (Å²) in [4.78, 5) is 0.0265. The third-order valence-electron chi connectivity index (χ3n) is 2.94. The predicted molar refractivity (Wildman–Crippen MR) is 87.1 cm³/mol. The van der Waals surface area contributed by atoms with Gasteiger partial charge in [-0.25, -0.2) is 8.42 Å². The van der Waals surface area contributed by atoms with Gasteiger partial charge in [0.1, 0.15) is 4.90 Å². The maximum absolute atomic E-state index is 12.6. The molecule has 0 fully saturated rings. The first kappa shape index (κ1) is 18.3. The van der Waals surface area contributed by atoms with Crippen molar-refractivity contribution < 1.29 is 8.42 Å². The average Bonchev–Trinajstić information content (AvgIpc) is 2.44. The molecule has 0 aliphatic heterocycles. The SMILES string of the molecule is C#CCN(CC)S(=O)(=O)c1ccc(Cl)c(CNCC)c1Cl. The Hall–Kier alpha value is -0.770. The standard InChI is InChI=1S/C14H18Cl2N2O2S/c1-4-9-18(6-3)21(19,20)13-8-7-12(15)11(14(13)16)10-17-5-2/h1,7-8,17H,5-6,9-10H2,2-3H3. The molecule has 0 aliphatic carbocycles. The van der Waals surface area contributed by atoms with Gasteiger partial charge in [-0.1, -0.05) is 43.0 Å². The van der Waals surface area contributed by atoms with Crippen LogP contribution in [0.4, 0.5) is 0 Å². The van der Waals surface area contributed by atoms with Gasteiger partial charge in [-0.3, -0.25) is 0 Å². The Bertz CT molecular complexity index is 639. The summed E-state index contributed by atoms with van der Waals surface area (Å²) in [5, 5.41) is 3.65. The van der Waals surface area contributed by atoms with Crippen molar-refractivity contribution in [1.29, 1.82) is 0 Å². The Balaban J connectivity index is 3.34. The highest BCUT2D eigenvalue weighted by atomic mass is 35.5. The molecule has 1 aromatic rings. The number of benzene rings is 1. The maximum atomic E-state index is 12.6. The Kier molecular flexibility index (Phi) is 6.98. The van der Waals surface area contributed by atoms with E-state index in [-0.39, 0.29) is 23.0 Å². The zero-order chi connectivity index (χ0) is 16.0. The van der Waals surface area contributed by atoms with Crippen LogP contribution in [0.2, 0.25) is 10.0 Å². The lowest BCUT2D eigenvalue weighted by atomic mass is 10.2. The fourth-order valence-electron chi connectivity index (χ4n) is 1.80. The Morgan fingerprint density at radius 2 is 2.00 bits per heavy atom. The maximum Gasteiger partial charge on any atom is 0.245 e. The molecule has 1 N–H and O–H groups in total. The van der Waals surface area contributed by atoms with Gasteiger partial charge in [0.15, 0.2) is 0 Å². The van der Waals surface area contributed by atoms with Crippen molar-refractivity contribution in [3.05, 3.63) is 27.7 Å². The molecule has 0 atom stereocenters. The molecule has 0 radical (unpaired) electrons. The van der Waals surface area contributed by atoms with E-state index in [1.165, 1.54) is 16.4 Å². The highest BCUT2D eigenvalue weighted by Crippen LogP contribution is 2.32. The van der Waals surface area contributed by atoms with Gasteiger partial charge in [0.05, 0.1) is 11.6 Å². The summed E-state index contributed by atoms with van der Waals surface area (Å²) in [7, 11) is -3.74. The Labute approximate surface area is 136 Å². The lowest BCUT2D eigenvalue weighted by Crippen LogP contribution is -2.31. The van der Waals surface area contributed by atoms with E-state index in [4.69, 9.17) is 29.6 Å². The van der Waals surface area contributed by atoms with E-state index in [2.05, 4.69) is 11.2 Å². The molecule has 0 aliphatic rings. The minimum absolute atomic E-state index is 0.000329. The first-order valence-corrected chi connectivity index (χ1v) is 8.70. The summed E-state index contributed by atoms with van der Waals surface area (Å²) < 4.78 is 26.4. The van der Waals surface area contributed by atoms with E-state index in [9.17, 15) is 8.42 Å². The first-order valence-electron chi connectivity index (χ1n) is 6.51. The molecule has 0 amide bonds. The van der Waals surface area contributed by atoms with Crippen LogP contribution in [0.15, 0.2) is 17.0 Å². The third-order valence-corrected chi connectivity index (χ3v) is 5.80. The van der Waals surface area contributed by atoms with Crippen LogP contribution in [0.25, 0.3) is 0 Å².